The van der Waals surface area contributed by atoms with Crippen LogP contribution in [0.5, 0.6) is 5.75 Å². The Kier molecular flexibility index (Phi) is 7.51. The van der Waals surface area contributed by atoms with Crippen molar-refractivity contribution in [1.82, 2.24) is 4.90 Å². The first-order chi connectivity index (χ1) is 15.4. The molecule has 2 atom stereocenters. The second-order valence-electron chi connectivity index (χ2n) is 7.93. The van der Waals surface area contributed by atoms with Crippen molar-refractivity contribution in [2.75, 3.05) is 32.2 Å². The Morgan fingerprint density at radius 1 is 1.12 bits per heavy atom. The fourth-order valence-electron chi connectivity index (χ4n) is 4.19. The molecule has 2 aromatic rings. The van der Waals surface area contributed by atoms with Crippen molar-refractivity contribution in [3.05, 3.63) is 59.7 Å². The van der Waals surface area contributed by atoms with Crippen molar-refractivity contribution in [3.8, 4) is 5.75 Å². The molecule has 0 aromatic heterocycles. The number of ether oxygens (including phenoxy) is 2. The highest BCUT2D eigenvalue weighted by Crippen LogP contribution is 2.43. The first kappa shape index (κ1) is 23.3. The summed E-state index contributed by atoms with van der Waals surface area (Å²) < 4.78 is 10.6. The SMILES string of the molecule is CCOC(=O)CN(C)C(=O)C1CCC(=O)N(c2ccc(C)cc2)C1c1ccccc1OC. The van der Waals surface area contributed by atoms with Crippen LogP contribution in [0.25, 0.3) is 0 Å². The van der Waals surface area contributed by atoms with E-state index in [-0.39, 0.29) is 31.4 Å². The first-order valence-corrected chi connectivity index (χ1v) is 10.8. The molecule has 0 N–H and O–H groups in total. The van der Waals surface area contributed by atoms with Gasteiger partial charge in [0.2, 0.25) is 11.8 Å². The maximum Gasteiger partial charge on any atom is 0.325 e. The lowest BCUT2D eigenvalue weighted by molar-refractivity contribution is -0.150. The number of anilines is 1. The maximum absolute atomic E-state index is 13.5. The van der Waals surface area contributed by atoms with Crippen LogP contribution in [0.4, 0.5) is 5.69 Å². The number of hydrogen-bond donors (Lipinski definition) is 0. The molecule has 7 heteroatoms. The Bertz CT molecular complexity index is 973. The Hall–Kier alpha value is -3.35. The van der Waals surface area contributed by atoms with Gasteiger partial charge < -0.3 is 19.3 Å². The van der Waals surface area contributed by atoms with Gasteiger partial charge in [-0.15, -0.1) is 0 Å². The number of para-hydroxylation sites is 1. The molecule has 0 bridgehead atoms. The molecule has 1 fully saturated rings. The number of benzene rings is 2. The Morgan fingerprint density at radius 3 is 2.47 bits per heavy atom. The van der Waals surface area contributed by atoms with Gasteiger partial charge in [-0.1, -0.05) is 35.9 Å². The molecule has 2 unspecified atom stereocenters. The number of piperidine rings is 1. The number of carbonyl (C=O) groups excluding carboxylic acids is 3. The average molecular weight is 439 g/mol. The van der Waals surface area contributed by atoms with Gasteiger partial charge in [0.15, 0.2) is 0 Å². The number of hydrogen-bond acceptors (Lipinski definition) is 5. The van der Waals surface area contributed by atoms with Crippen LogP contribution >= 0.6 is 0 Å². The summed E-state index contributed by atoms with van der Waals surface area (Å²) in [6, 6.07) is 14.5. The zero-order valence-electron chi connectivity index (χ0n) is 19.0. The number of nitrogens with zero attached hydrogens (tertiary/aromatic N) is 2. The summed E-state index contributed by atoms with van der Waals surface area (Å²) in [4.78, 5) is 41.7. The van der Waals surface area contributed by atoms with E-state index in [0.717, 1.165) is 16.8 Å². The van der Waals surface area contributed by atoms with Gasteiger partial charge in [0, 0.05) is 24.7 Å². The molecule has 1 saturated heterocycles. The van der Waals surface area contributed by atoms with Crippen molar-refractivity contribution in [3.63, 3.8) is 0 Å². The summed E-state index contributed by atoms with van der Waals surface area (Å²) >= 11 is 0. The maximum atomic E-state index is 13.5. The summed E-state index contributed by atoms with van der Waals surface area (Å²) in [6.45, 7) is 3.82. The van der Waals surface area contributed by atoms with Crippen molar-refractivity contribution in [2.45, 2.75) is 32.7 Å². The van der Waals surface area contributed by atoms with Gasteiger partial charge >= 0.3 is 5.97 Å². The van der Waals surface area contributed by atoms with E-state index >= 15 is 0 Å². The predicted octanol–water partition coefficient (Wildman–Crippen LogP) is 3.51. The fraction of sp³-hybridized carbons (Fsp3) is 0.400. The van der Waals surface area contributed by atoms with E-state index in [9.17, 15) is 14.4 Å². The molecular weight excluding hydrogens is 408 g/mol. The van der Waals surface area contributed by atoms with E-state index in [1.165, 1.54) is 4.90 Å². The zero-order chi connectivity index (χ0) is 23.3. The molecule has 3 rings (SSSR count). The zero-order valence-corrected chi connectivity index (χ0v) is 19.0. The molecule has 0 spiro atoms. The van der Waals surface area contributed by atoms with E-state index in [4.69, 9.17) is 9.47 Å². The minimum atomic E-state index is -0.563. The lowest BCUT2D eigenvalue weighted by Gasteiger charge is -2.42. The largest absolute Gasteiger partial charge is 0.496 e. The summed E-state index contributed by atoms with van der Waals surface area (Å²) in [5.74, 6) is -0.653. The topological polar surface area (TPSA) is 76.2 Å². The summed E-state index contributed by atoms with van der Waals surface area (Å²) in [5, 5.41) is 0. The molecule has 0 saturated carbocycles. The van der Waals surface area contributed by atoms with Crippen LogP contribution in [0.3, 0.4) is 0 Å². The van der Waals surface area contributed by atoms with Gasteiger partial charge in [0.05, 0.1) is 25.7 Å². The highest BCUT2D eigenvalue weighted by molar-refractivity contribution is 5.98. The van der Waals surface area contributed by atoms with Crippen LogP contribution in [-0.2, 0) is 19.1 Å². The third-order valence-electron chi connectivity index (χ3n) is 5.73. The molecule has 0 aliphatic carbocycles. The molecule has 2 aromatic carbocycles. The van der Waals surface area contributed by atoms with Gasteiger partial charge in [-0.3, -0.25) is 14.4 Å². The minimum Gasteiger partial charge on any atom is -0.496 e. The number of likely N-dealkylation sites (N-methyl/N-ethyl adjacent to an activating group) is 1. The molecule has 170 valence electrons. The van der Waals surface area contributed by atoms with E-state index in [0.29, 0.717) is 12.2 Å². The Morgan fingerprint density at radius 2 is 1.81 bits per heavy atom. The number of methoxy groups -OCH3 is 1. The second-order valence-corrected chi connectivity index (χ2v) is 7.93. The molecule has 0 radical (unpaired) electrons. The van der Waals surface area contributed by atoms with Crippen LogP contribution in [0.1, 0.15) is 36.9 Å². The molecule has 2 amide bonds. The number of esters is 1. The third-order valence-corrected chi connectivity index (χ3v) is 5.73. The van der Waals surface area contributed by atoms with Crippen molar-refractivity contribution in [2.24, 2.45) is 5.92 Å². The molecule has 32 heavy (non-hydrogen) atoms. The third kappa shape index (κ3) is 4.93. The van der Waals surface area contributed by atoms with E-state index in [2.05, 4.69) is 0 Å². The highest BCUT2D eigenvalue weighted by Gasteiger charge is 2.43. The number of rotatable bonds is 7. The van der Waals surface area contributed by atoms with Gasteiger partial charge in [0.1, 0.15) is 12.3 Å². The smallest absolute Gasteiger partial charge is 0.325 e. The minimum absolute atomic E-state index is 0.0538. The number of aryl methyl sites for hydroxylation is 1. The van der Waals surface area contributed by atoms with Gasteiger partial charge in [-0.25, -0.2) is 0 Å². The summed E-state index contributed by atoms with van der Waals surface area (Å²) in [5.41, 5.74) is 2.56. The lowest BCUT2D eigenvalue weighted by Crippen LogP contribution is -2.49. The number of carbonyl (C=O) groups is 3. The van der Waals surface area contributed by atoms with Gasteiger partial charge in [0.25, 0.3) is 0 Å². The first-order valence-electron chi connectivity index (χ1n) is 10.8. The highest BCUT2D eigenvalue weighted by atomic mass is 16.5. The van der Waals surface area contributed by atoms with Crippen molar-refractivity contribution in [1.29, 1.82) is 0 Å². The monoisotopic (exact) mass is 438 g/mol. The van der Waals surface area contributed by atoms with Gasteiger partial charge in [-0.05, 0) is 38.5 Å². The Balaban J connectivity index is 2.05. The summed E-state index contributed by atoms with van der Waals surface area (Å²) in [7, 11) is 3.16. The van der Waals surface area contributed by atoms with Crippen molar-refractivity contribution >= 4 is 23.5 Å². The average Bonchev–Trinajstić information content (AvgIpc) is 2.79. The normalized spacial score (nSPS) is 18.2. The van der Waals surface area contributed by atoms with E-state index in [1.54, 1.807) is 26.0 Å². The van der Waals surface area contributed by atoms with Crippen LogP contribution in [-0.4, -0.2) is 50.0 Å². The van der Waals surface area contributed by atoms with Crippen LogP contribution in [0.2, 0.25) is 0 Å². The quantitative estimate of drug-likeness (QED) is 0.619. The summed E-state index contributed by atoms with van der Waals surface area (Å²) in [6.07, 6.45) is 0.624. The fourth-order valence-corrected chi connectivity index (χ4v) is 4.19. The van der Waals surface area contributed by atoms with E-state index in [1.807, 2.05) is 55.5 Å². The molecule has 7 nitrogen and oxygen atoms in total. The molecular formula is C25H30N2O5. The van der Waals surface area contributed by atoms with E-state index < -0.39 is 17.9 Å². The van der Waals surface area contributed by atoms with Crippen molar-refractivity contribution < 1.29 is 23.9 Å². The lowest BCUT2D eigenvalue weighted by atomic mass is 9.82. The molecule has 1 aliphatic rings. The number of amides is 2. The predicted molar refractivity (Wildman–Crippen MR) is 121 cm³/mol. The van der Waals surface area contributed by atoms with Crippen LogP contribution < -0.4 is 9.64 Å². The van der Waals surface area contributed by atoms with Gasteiger partial charge in [-0.2, -0.15) is 0 Å². The Labute approximate surface area is 188 Å². The van der Waals surface area contributed by atoms with Crippen LogP contribution in [0, 0.1) is 12.8 Å². The molecule has 1 heterocycles. The van der Waals surface area contributed by atoms with Crippen LogP contribution in [0.15, 0.2) is 48.5 Å². The molecule has 1 aliphatic heterocycles. The second kappa shape index (κ2) is 10.3. The standard InChI is InChI=1S/C25H30N2O5/c1-5-32-23(29)16-26(3)25(30)20-14-15-22(28)27(18-12-10-17(2)11-13-18)24(20)19-8-6-7-9-21(19)31-4/h6-13,20,24H,5,14-16H2,1-4H3.